The molecule has 0 radical (unpaired) electrons. The van der Waals surface area contributed by atoms with Gasteiger partial charge in [0.15, 0.2) is 0 Å². The standard InChI is InChI=1S/C14H19ClN2O2/c15-12-7-10(5-6-11(12)14(17)18)19-13-4-2-1-3-9(13)8-16/h5-7,9,13H,1-4,8,16H2,(H2,17,18). The first-order valence-corrected chi connectivity index (χ1v) is 6.95. The second-order valence-corrected chi connectivity index (χ2v) is 5.35. The van der Waals surface area contributed by atoms with Gasteiger partial charge in [0, 0.05) is 5.92 Å². The summed E-state index contributed by atoms with van der Waals surface area (Å²) in [7, 11) is 0. The van der Waals surface area contributed by atoms with E-state index in [1.807, 2.05) is 0 Å². The fraction of sp³-hybridized carbons (Fsp3) is 0.500. The molecule has 1 saturated carbocycles. The van der Waals surface area contributed by atoms with Crippen molar-refractivity contribution in [3.8, 4) is 5.75 Å². The van der Waals surface area contributed by atoms with E-state index in [9.17, 15) is 4.79 Å². The maximum Gasteiger partial charge on any atom is 0.250 e. The molecule has 1 aliphatic rings. The predicted molar refractivity (Wildman–Crippen MR) is 75.4 cm³/mol. The molecule has 1 amide bonds. The predicted octanol–water partition coefficient (Wildman–Crippen LogP) is 2.34. The third-order valence-electron chi connectivity index (χ3n) is 3.64. The zero-order valence-electron chi connectivity index (χ0n) is 10.8. The van der Waals surface area contributed by atoms with Crippen LogP contribution in [0.3, 0.4) is 0 Å². The summed E-state index contributed by atoms with van der Waals surface area (Å²) in [4.78, 5) is 11.1. The van der Waals surface area contributed by atoms with Crippen LogP contribution in [0.5, 0.6) is 5.75 Å². The Morgan fingerprint density at radius 2 is 2.11 bits per heavy atom. The number of hydrogen-bond acceptors (Lipinski definition) is 3. The summed E-state index contributed by atoms with van der Waals surface area (Å²) < 4.78 is 5.96. The molecule has 2 atom stereocenters. The van der Waals surface area contributed by atoms with Crippen molar-refractivity contribution in [1.82, 2.24) is 0 Å². The first kappa shape index (κ1) is 14.2. The SMILES string of the molecule is NCC1CCCCC1Oc1ccc(C(N)=O)c(Cl)c1. The Bertz CT molecular complexity index is 465. The van der Waals surface area contributed by atoms with E-state index in [4.69, 9.17) is 27.8 Å². The van der Waals surface area contributed by atoms with Crippen LogP contribution in [-0.2, 0) is 0 Å². The van der Waals surface area contributed by atoms with Crippen LogP contribution < -0.4 is 16.2 Å². The van der Waals surface area contributed by atoms with Crippen LogP contribution in [0.4, 0.5) is 0 Å². The lowest BCUT2D eigenvalue weighted by Crippen LogP contribution is -2.35. The Balaban J connectivity index is 2.10. The average molecular weight is 283 g/mol. The first-order chi connectivity index (χ1) is 9.11. The van der Waals surface area contributed by atoms with Crippen molar-refractivity contribution in [3.63, 3.8) is 0 Å². The summed E-state index contributed by atoms with van der Waals surface area (Å²) in [5, 5.41) is 0.324. The number of ether oxygens (including phenoxy) is 1. The van der Waals surface area contributed by atoms with E-state index in [1.54, 1.807) is 18.2 Å². The van der Waals surface area contributed by atoms with Gasteiger partial charge in [-0.25, -0.2) is 0 Å². The zero-order chi connectivity index (χ0) is 13.8. The first-order valence-electron chi connectivity index (χ1n) is 6.58. The molecular weight excluding hydrogens is 264 g/mol. The van der Waals surface area contributed by atoms with Crippen LogP contribution in [0, 0.1) is 5.92 Å². The third kappa shape index (κ3) is 3.39. The maximum atomic E-state index is 11.1. The van der Waals surface area contributed by atoms with Crippen molar-refractivity contribution in [3.05, 3.63) is 28.8 Å². The van der Waals surface area contributed by atoms with E-state index >= 15 is 0 Å². The Morgan fingerprint density at radius 1 is 1.37 bits per heavy atom. The molecule has 104 valence electrons. The molecule has 1 aliphatic carbocycles. The largest absolute Gasteiger partial charge is 0.490 e. The van der Waals surface area contributed by atoms with Gasteiger partial charge in [0.25, 0.3) is 0 Å². The van der Waals surface area contributed by atoms with Crippen LogP contribution >= 0.6 is 11.6 Å². The maximum absolute atomic E-state index is 11.1. The molecule has 5 heteroatoms. The van der Waals surface area contributed by atoms with Crippen molar-refractivity contribution in [2.75, 3.05) is 6.54 Å². The lowest BCUT2D eigenvalue weighted by Gasteiger charge is -2.31. The van der Waals surface area contributed by atoms with Crippen molar-refractivity contribution < 1.29 is 9.53 Å². The molecule has 0 aromatic heterocycles. The van der Waals surface area contributed by atoms with Gasteiger partial charge < -0.3 is 16.2 Å². The molecule has 0 bridgehead atoms. The molecule has 2 unspecified atom stereocenters. The van der Waals surface area contributed by atoms with E-state index in [0.717, 1.165) is 19.3 Å². The van der Waals surface area contributed by atoms with Crippen LogP contribution in [0.15, 0.2) is 18.2 Å². The summed E-state index contributed by atoms with van der Waals surface area (Å²) >= 11 is 6.01. The van der Waals surface area contributed by atoms with Crippen molar-refractivity contribution in [2.24, 2.45) is 17.4 Å². The third-order valence-corrected chi connectivity index (χ3v) is 3.95. The van der Waals surface area contributed by atoms with Crippen molar-refractivity contribution >= 4 is 17.5 Å². The van der Waals surface area contributed by atoms with Gasteiger partial charge in [-0.3, -0.25) is 4.79 Å². The number of rotatable bonds is 4. The highest BCUT2D eigenvalue weighted by Gasteiger charge is 2.25. The van der Waals surface area contributed by atoms with Gasteiger partial charge in [-0.15, -0.1) is 0 Å². The monoisotopic (exact) mass is 282 g/mol. The molecule has 0 heterocycles. The lowest BCUT2D eigenvalue weighted by molar-refractivity contribution is 0.0968. The van der Waals surface area contributed by atoms with Gasteiger partial charge in [0.2, 0.25) is 5.91 Å². The van der Waals surface area contributed by atoms with Crippen molar-refractivity contribution in [2.45, 2.75) is 31.8 Å². The summed E-state index contributed by atoms with van der Waals surface area (Å²) in [6.07, 6.45) is 4.62. The van der Waals surface area contributed by atoms with E-state index in [0.29, 0.717) is 28.8 Å². The molecule has 1 aromatic rings. The summed E-state index contributed by atoms with van der Waals surface area (Å²) in [5.41, 5.74) is 11.3. The number of benzene rings is 1. The van der Waals surface area contributed by atoms with Crippen molar-refractivity contribution in [1.29, 1.82) is 0 Å². The van der Waals surface area contributed by atoms with Gasteiger partial charge in [0.1, 0.15) is 11.9 Å². The second-order valence-electron chi connectivity index (χ2n) is 4.94. The average Bonchev–Trinajstić information content (AvgIpc) is 2.39. The number of halogens is 1. The quantitative estimate of drug-likeness (QED) is 0.890. The van der Waals surface area contributed by atoms with Gasteiger partial charge in [-0.2, -0.15) is 0 Å². The number of nitrogens with two attached hydrogens (primary N) is 2. The van der Waals surface area contributed by atoms with Crippen LogP contribution in [0.1, 0.15) is 36.0 Å². The Hall–Kier alpha value is -1.26. The van der Waals surface area contributed by atoms with E-state index in [2.05, 4.69) is 0 Å². The molecule has 4 N–H and O–H groups in total. The zero-order valence-corrected chi connectivity index (χ0v) is 11.5. The highest BCUT2D eigenvalue weighted by Crippen LogP contribution is 2.29. The van der Waals surface area contributed by atoms with E-state index in [1.165, 1.54) is 6.42 Å². The summed E-state index contributed by atoms with van der Waals surface area (Å²) in [6, 6.07) is 4.97. The minimum Gasteiger partial charge on any atom is -0.490 e. The Kier molecular flexibility index (Phi) is 4.66. The molecule has 2 rings (SSSR count). The van der Waals surface area contributed by atoms with Crippen LogP contribution in [-0.4, -0.2) is 18.6 Å². The fourth-order valence-corrected chi connectivity index (χ4v) is 2.81. The Morgan fingerprint density at radius 3 is 2.74 bits per heavy atom. The second kappa shape index (κ2) is 6.26. The number of hydrogen-bond donors (Lipinski definition) is 2. The smallest absolute Gasteiger partial charge is 0.250 e. The highest BCUT2D eigenvalue weighted by atomic mass is 35.5. The number of carbonyl (C=O) groups excluding carboxylic acids is 1. The molecule has 1 fully saturated rings. The molecule has 19 heavy (non-hydrogen) atoms. The van der Waals surface area contributed by atoms with Gasteiger partial charge in [-0.1, -0.05) is 18.0 Å². The number of carbonyl (C=O) groups is 1. The van der Waals surface area contributed by atoms with Gasteiger partial charge in [-0.05, 0) is 44.0 Å². The lowest BCUT2D eigenvalue weighted by atomic mass is 9.86. The Labute approximate surface area is 118 Å². The topological polar surface area (TPSA) is 78.3 Å². The van der Waals surface area contributed by atoms with Crippen LogP contribution in [0.2, 0.25) is 5.02 Å². The molecule has 0 spiro atoms. The number of primary amides is 1. The normalized spacial score (nSPS) is 23.1. The number of amides is 1. The van der Waals surface area contributed by atoms with Crippen LogP contribution in [0.25, 0.3) is 0 Å². The summed E-state index contributed by atoms with van der Waals surface area (Å²) in [6.45, 7) is 0.637. The van der Waals surface area contributed by atoms with Gasteiger partial charge in [0.05, 0.1) is 10.6 Å². The minimum atomic E-state index is -0.533. The summed E-state index contributed by atoms with van der Waals surface area (Å²) in [5.74, 6) is 0.526. The molecule has 0 aliphatic heterocycles. The molecule has 4 nitrogen and oxygen atoms in total. The fourth-order valence-electron chi connectivity index (χ4n) is 2.54. The van der Waals surface area contributed by atoms with Gasteiger partial charge >= 0.3 is 0 Å². The molecular formula is C14H19ClN2O2. The highest BCUT2D eigenvalue weighted by molar-refractivity contribution is 6.33. The minimum absolute atomic E-state index is 0.134. The molecule has 1 aromatic carbocycles. The van der Waals surface area contributed by atoms with E-state index in [-0.39, 0.29) is 6.10 Å². The van der Waals surface area contributed by atoms with E-state index < -0.39 is 5.91 Å². The molecule has 0 saturated heterocycles.